The van der Waals surface area contributed by atoms with Crippen LogP contribution in [0.3, 0.4) is 0 Å². The molecular weight excluding hydrogens is 376 g/mol. The van der Waals surface area contributed by atoms with Gasteiger partial charge in [-0.2, -0.15) is 0 Å². The minimum atomic E-state index is -0.688. The topological polar surface area (TPSA) is 94.6 Å². The zero-order valence-corrected chi connectivity index (χ0v) is 17.3. The van der Waals surface area contributed by atoms with E-state index in [4.69, 9.17) is 14.2 Å². The van der Waals surface area contributed by atoms with Crippen molar-refractivity contribution in [2.24, 2.45) is 5.92 Å². The first-order valence-corrected chi connectivity index (χ1v) is 10.1. The fourth-order valence-corrected chi connectivity index (χ4v) is 4.33. The maximum Gasteiger partial charge on any atom is 0.334 e. The molecule has 0 aromatic heterocycles. The van der Waals surface area contributed by atoms with Crippen LogP contribution in [0.25, 0.3) is 0 Å². The van der Waals surface area contributed by atoms with E-state index < -0.39 is 30.3 Å². The van der Waals surface area contributed by atoms with Crippen LogP contribution in [0.5, 0.6) is 0 Å². The van der Waals surface area contributed by atoms with Crippen molar-refractivity contribution in [2.75, 3.05) is 0 Å². The van der Waals surface area contributed by atoms with Crippen molar-refractivity contribution in [2.45, 2.75) is 82.9 Å². The van der Waals surface area contributed by atoms with Gasteiger partial charge in [-0.3, -0.25) is 10.1 Å². The van der Waals surface area contributed by atoms with Crippen LogP contribution in [0.15, 0.2) is 36.0 Å². The van der Waals surface area contributed by atoms with Crippen LogP contribution in [-0.4, -0.2) is 47.2 Å². The highest BCUT2D eigenvalue weighted by molar-refractivity contribution is 5.91. The van der Waals surface area contributed by atoms with Gasteiger partial charge in [-0.15, -0.1) is 0 Å². The van der Waals surface area contributed by atoms with Crippen molar-refractivity contribution >= 4 is 11.9 Å². The maximum atomic E-state index is 12.3. The third kappa shape index (κ3) is 4.63. The molecule has 2 fully saturated rings. The number of esters is 2. The first kappa shape index (κ1) is 21.7. The van der Waals surface area contributed by atoms with E-state index in [9.17, 15) is 14.8 Å². The standard InChI is InChI=1S/C22H30O7/c1-12-7-6-8-13(2)19(26-15(4)23)20-16(14(3)21(24)27-20)11-18-22(5,28-18)10-9-17(12)29-25/h8,16-20,25H,1,3,6-7,9-11H2,2,4-5H3/t16-,17-,18+,19+,20-,22+/m1/s1. The van der Waals surface area contributed by atoms with E-state index in [1.165, 1.54) is 6.92 Å². The molecule has 0 saturated carbocycles. The summed E-state index contributed by atoms with van der Waals surface area (Å²) in [5.74, 6) is -1.20. The normalized spacial score (nSPS) is 38.3. The molecule has 1 N–H and O–H groups in total. The summed E-state index contributed by atoms with van der Waals surface area (Å²) in [7, 11) is 0. The van der Waals surface area contributed by atoms with Crippen LogP contribution < -0.4 is 0 Å². The van der Waals surface area contributed by atoms with Gasteiger partial charge in [0, 0.05) is 18.4 Å². The number of carbonyl (C=O) groups excluding carboxylic acids is 2. The molecule has 0 radical (unpaired) electrons. The summed E-state index contributed by atoms with van der Waals surface area (Å²) < 4.78 is 17.1. The zero-order chi connectivity index (χ0) is 21.3. The van der Waals surface area contributed by atoms with Gasteiger partial charge in [0.15, 0.2) is 6.10 Å². The van der Waals surface area contributed by atoms with Gasteiger partial charge in [-0.05, 0) is 57.1 Å². The van der Waals surface area contributed by atoms with Crippen LogP contribution >= 0.6 is 0 Å². The van der Waals surface area contributed by atoms with Crippen LogP contribution in [0.2, 0.25) is 0 Å². The summed E-state index contributed by atoms with van der Waals surface area (Å²) in [6.45, 7) is 13.2. The molecule has 160 valence electrons. The molecule has 0 unspecified atom stereocenters. The van der Waals surface area contributed by atoms with Crippen LogP contribution in [-0.2, 0) is 28.7 Å². The van der Waals surface area contributed by atoms with Gasteiger partial charge in [0.25, 0.3) is 0 Å². The monoisotopic (exact) mass is 406 g/mol. The summed E-state index contributed by atoms with van der Waals surface area (Å²) in [4.78, 5) is 28.7. The average Bonchev–Trinajstić information content (AvgIpc) is 3.21. The molecule has 7 heteroatoms. The lowest BCUT2D eigenvalue weighted by Gasteiger charge is -2.27. The number of carbonyl (C=O) groups is 2. The van der Waals surface area contributed by atoms with E-state index in [-0.39, 0.29) is 17.6 Å². The van der Waals surface area contributed by atoms with Gasteiger partial charge in [-0.1, -0.05) is 19.2 Å². The Balaban J connectivity index is 1.92. The summed E-state index contributed by atoms with van der Waals surface area (Å²) >= 11 is 0. The Labute approximate surface area is 171 Å². The summed E-state index contributed by atoms with van der Waals surface area (Å²) in [6.07, 6.45) is 3.15. The third-order valence-corrected chi connectivity index (χ3v) is 6.31. The predicted octanol–water partition coefficient (Wildman–Crippen LogP) is 3.50. The maximum absolute atomic E-state index is 12.3. The Morgan fingerprint density at radius 2 is 2.10 bits per heavy atom. The second-order valence-corrected chi connectivity index (χ2v) is 8.46. The van der Waals surface area contributed by atoms with Crippen molar-refractivity contribution in [1.29, 1.82) is 0 Å². The predicted molar refractivity (Wildman–Crippen MR) is 105 cm³/mol. The largest absolute Gasteiger partial charge is 0.454 e. The van der Waals surface area contributed by atoms with Crippen molar-refractivity contribution in [1.82, 2.24) is 0 Å². The zero-order valence-electron chi connectivity index (χ0n) is 17.3. The number of hydrogen-bond acceptors (Lipinski definition) is 7. The highest BCUT2D eigenvalue weighted by atomic mass is 17.1. The van der Waals surface area contributed by atoms with Crippen LogP contribution in [0, 0.1) is 5.92 Å². The third-order valence-electron chi connectivity index (χ3n) is 6.31. The molecule has 3 aliphatic rings. The van der Waals surface area contributed by atoms with Crippen molar-refractivity contribution < 1.29 is 33.9 Å². The fourth-order valence-electron chi connectivity index (χ4n) is 4.33. The van der Waals surface area contributed by atoms with E-state index in [1.807, 2.05) is 19.9 Å². The quantitative estimate of drug-likeness (QED) is 0.187. The van der Waals surface area contributed by atoms with Crippen LogP contribution in [0.4, 0.5) is 0 Å². The Morgan fingerprint density at radius 1 is 1.38 bits per heavy atom. The Morgan fingerprint density at radius 3 is 2.76 bits per heavy atom. The second kappa shape index (κ2) is 8.42. The molecule has 0 spiro atoms. The lowest BCUT2D eigenvalue weighted by molar-refractivity contribution is -0.270. The molecule has 3 rings (SSSR count). The Hall–Kier alpha value is -1.96. The van der Waals surface area contributed by atoms with Gasteiger partial charge >= 0.3 is 11.9 Å². The van der Waals surface area contributed by atoms with Gasteiger partial charge < -0.3 is 14.2 Å². The van der Waals surface area contributed by atoms with E-state index in [2.05, 4.69) is 18.0 Å². The van der Waals surface area contributed by atoms with Crippen molar-refractivity contribution in [3.05, 3.63) is 36.0 Å². The molecule has 0 aromatic rings. The van der Waals surface area contributed by atoms with E-state index >= 15 is 0 Å². The number of allylic oxidation sites excluding steroid dienone is 1. The lowest BCUT2D eigenvalue weighted by Crippen LogP contribution is -2.37. The first-order chi connectivity index (χ1) is 13.7. The molecular formula is C22H30O7. The first-order valence-electron chi connectivity index (χ1n) is 10.1. The Bertz CT molecular complexity index is 739. The van der Waals surface area contributed by atoms with Crippen molar-refractivity contribution in [3.63, 3.8) is 0 Å². The number of fused-ring (bicyclic) bond motifs is 2. The molecule has 1 aliphatic carbocycles. The molecule has 6 atom stereocenters. The smallest absolute Gasteiger partial charge is 0.334 e. The second-order valence-electron chi connectivity index (χ2n) is 8.46. The number of ether oxygens (including phenoxy) is 3. The minimum Gasteiger partial charge on any atom is -0.454 e. The van der Waals surface area contributed by atoms with Gasteiger partial charge in [0.1, 0.15) is 12.2 Å². The lowest BCUT2D eigenvalue weighted by atomic mass is 9.83. The number of rotatable bonds is 2. The van der Waals surface area contributed by atoms with Crippen molar-refractivity contribution in [3.8, 4) is 0 Å². The molecule has 0 aromatic carbocycles. The van der Waals surface area contributed by atoms with E-state index in [1.54, 1.807) is 0 Å². The molecule has 0 amide bonds. The Kier molecular flexibility index (Phi) is 6.31. The minimum absolute atomic E-state index is 0.0842. The molecule has 2 saturated heterocycles. The number of hydrogen-bond donors (Lipinski definition) is 1. The van der Waals surface area contributed by atoms with Crippen LogP contribution in [0.1, 0.15) is 52.9 Å². The number of epoxide rings is 1. The van der Waals surface area contributed by atoms with Gasteiger partial charge in [0.2, 0.25) is 0 Å². The molecule has 7 nitrogen and oxygen atoms in total. The molecule has 2 aliphatic heterocycles. The molecule has 2 heterocycles. The average molecular weight is 406 g/mol. The highest BCUT2D eigenvalue weighted by Crippen LogP contribution is 2.48. The summed E-state index contributed by atoms with van der Waals surface area (Å²) in [6, 6.07) is 0. The van der Waals surface area contributed by atoms with E-state index in [0.717, 1.165) is 11.1 Å². The molecule has 29 heavy (non-hydrogen) atoms. The summed E-state index contributed by atoms with van der Waals surface area (Å²) in [5.41, 5.74) is 1.59. The molecule has 0 bridgehead atoms. The van der Waals surface area contributed by atoms with Gasteiger partial charge in [0.05, 0.1) is 11.7 Å². The SMILES string of the molecule is C=C1C(=O)O[C@@H]2[C@@H]1C[C@@H]1O[C@@]1(C)CC[C@@H](OO)C(=C)CCC=C(C)[C@@H]2OC(C)=O. The highest BCUT2D eigenvalue weighted by Gasteiger charge is 2.56. The summed E-state index contributed by atoms with van der Waals surface area (Å²) in [5, 5.41) is 9.29. The van der Waals surface area contributed by atoms with E-state index in [0.29, 0.717) is 37.7 Å². The fraction of sp³-hybridized carbons (Fsp3) is 0.636. The van der Waals surface area contributed by atoms with Gasteiger partial charge in [-0.25, -0.2) is 9.68 Å².